The maximum absolute atomic E-state index is 12.5. The molecule has 194 valence electrons. The van der Waals surface area contributed by atoms with E-state index in [9.17, 15) is 20.1 Å². The molecule has 1 aromatic heterocycles. The summed E-state index contributed by atoms with van der Waals surface area (Å²) >= 11 is 0. The van der Waals surface area contributed by atoms with Crippen LogP contribution in [0.25, 0.3) is 0 Å². The summed E-state index contributed by atoms with van der Waals surface area (Å²) in [5, 5.41) is 35.7. The summed E-state index contributed by atoms with van der Waals surface area (Å²) in [4.78, 5) is 31.0. The van der Waals surface area contributed by atoms with Crippen LogP contribution in [0.2, 0.25) is 0 Å². The summed E-state index contributed by atoms with van der Waals surface area (Å²) in [6.07, 6.45) is 6.85. The Hall–Kier alpha value is -4.28. The molecule has 5 N–H and O–H groups in total. The number of carbonyl (C=O) groups excluding carboxylic acids is 1. The van der Waals surface area contributed by atoms with E-state index in [0.29, 0.717) is 23.5 Å². The van der Waals surface area contributed by atoms with Gasteiger partial charge in [0.15, 0.2) is 0 Å². The maximum atomic E-state index is 12.5. The number of piperidine rings is 2. The minimum absolute atomic E-state index is 0.0277. The second-order valence-corrected chi connectivity index (χ2v) is 9.37. The van der Waals surface area contributed by atoms with Crippen molar-refractivity contribution in [1.29, 1.82) is 0 Å². The van der Waals surface area contributed by atoms with Crippen molar-refractivity contribution in [3.63, 3.8) is 0 Å². The van der Waals surface area contributed by atoms with Gasteiger partial charge >= 0.3 is 0 Å². The summed E-state index contributed by atoms with van der Waals surface area (Å²) in [6.45, 7) is 3.65. The van der Waals surface area contributed by atoms with Crippen LogP contribution in [0.4, 0.5) is 29.2 Å². The first-order valence-corrected chi connectivity index (χ1v) is 12.7. The van der Waals surface area contributed by atoms with Crippen molar-refractivity contribution in [2.75, 3.05) is 46.6 Å². The first kappa shape index (κ1) is 24.4. The molecule has 0 saturated carbocycles. The van der Waals surface area contributed by atoms with Crippen molar-refractivity contribution in [1.82, 2.24) is 15.0 Å². The highest BCUT2D eigenvalue weighted by molar-refractivity contribution is 6.07. The van der Waals surface area contributed by atoms with Gasteiger partial charge < -0.3 is 35.8 Å². The molecular weight excluding hydrogens is 474 g/mol. The lowest BCUT2D eigenvalue weighted by molar-refractivity contribution is 0.102. The Morgan fingerprint density at radius 2 is 1.35 bits per heavy atom. The van der Waals surface area contributed by atoms with Gasteiger partial charge in [-0.25, -0.2) is 0 Å². The number of phenols is 3. The molecular formula is C26H31N7O4. The number of rotatable bonds is 6. The van der Waals surface area contributed by atoms with E-state index in [1.54, 1.807) is 12.1 Å². The molecule has 11 nitrogen and oxygen atoms in total. The molecule has 0 atom stereocenters. The molecule has 37 heavy (non-hydrogen) atoms. The lowest BCUT2D eigenvalue weighted by Crippen LogP contribution is -2.34. The molecule has 3 aromatic rings. The zero-order valence-electron chi connectivity index (χ0n) is 20.5. The number of nitrogens with one attached hydrogen (secondary N) is 2. The molecule has 2 saturated heterocycles. The van der Waals surface area contributed by atoms with E-state index in [0.717, 1.165) is 57.9 Å². The predicted molar refractivity (Wildman–Crippen MR) is 141 cm³/mol. The van der Waals surface area contributed by atoms with Gasteiger partial charge in [-0.1, -0.05) is 0 Å². The molecule has 0 unspecified atom stereocenters. The minimum Gasteiger partial charge on any atom is -0.508 e. The monoisotopic (exact) mass is 505 g/mol. The van der Waals surface area contributed by atoms with Crippen LogP contribution in [0.3, 0.4) is 0 Å². The minimum atomic E-state index is -0.622. The van der Waals surface area contributed by atoms with Gasteiger partial charge in [-0.2, -0.15) is 15.0 Å². The Labute approximate surface area is 214 Å². The van der Waals surface area contributed by atoms with Crippen molar-refractivity contribution in [3.8, 4) is 17.2 Å². The van der Waals surface area contributed by atoms with Gasteiger partial charge in [0.25, 0.3) is 5.91 Å². The highest BCUT2D eigenvalue weighted by Gasteiger charge is 2.21. The summed E-state index contributed by atoms with van der Waals surface area (Å²) < 4.78 is 0. The number of aromatic hydroxyl groups is 3. The maximum Gasteiger partial charge on any atom is 0.259 e. The summed E-state index contributed by atoms with van der Waals surface area (Å²) in [6, 6.07) is 8.38. The Balaban J connectivity index is 1.36. The van der Waals surface area contributed by atoms with E-state index < -0.39 is 5.91 Å². The molecule has 2 aromatic carbocycles. The number of anilines is 5. The topological polar surface area (TPSA) is 147 Å². The van der Waals surface area contributed by atoms with E-state index in [2.05, 4.69) is 30.4 Å². The molecule has 1 amide bonds. The van der Waals surface area contributed by atoms with Crippen molar-refractivity contribution < 1.29 is 20.1 Å². The van der Waals surface area contributed by atoms with Crippen LogP contribution in [0.1, 0.15) is 48.9 Å². The Morgan fingerprint density at radius 3 is 1.92 bits per heavy atom. The number of hydrogen-bond acceptors (Lipinski definition) is 10. The fourth-order valence-electron chi connectivity index (χ4n) is 4.63. The second kappa shape index (κ2) is 10.8. The molecule has 2 fully saturated rings. The summed E-state index contributed by atoms with van der Waals surface area (Å²) in [7, 11) is 0. The number of benzene rings is 2. The third-order valence-electron chi connectivity index (χ3n) is 6.62. The normalized spacial score (nSPS) is 15.9. The van der Waals surface area contributed by atoms with Gasteiger partial charge in [0, 0.05) is 44.0 Å². The van der Waals surface area contributed by atoms with Crippen molar-refractivity contribution >= 4 is 35.1 Å². The van der Waals surface area contributed by atoms with Crippen molar-refractivity contribution in [3.05, 3.63) is 42.0 Å². The van der Waals surface area contributed by atoms with Gasteiger partial charge in [-0.05, 0) is 62.8 Å². The largest absolute Gasteiger partial charge is 0.508 e. The van der Waals surface area contributed by atoms with Crippen LogP contribution >= 0.6 is 0 Å². The Bertz CT molecular complexity index is 1240. The van der Waals surface area contributed by atoms with Crippen molar-refractivity contribution in [2.24, 2.45) is 0 Å². The van der Waals surface area contributed by atoms with Crippen LogP contribution in [-0.2, 0) is 0 Å². The number of amides is 1. The van der Waals surface area contributed by atoms with E-state index in [1.807, 2.05) is 0 Å². The summed E-state index contributed by atoms with van der Waals surface area (Å²) in [5.41, 5.74) is 0.685. The van der Waals surface area contributed by atoms with Crippen LogP contribution in [0.15, 0.2) is 36.4 Å². The molecule has 0 radical (unpaired) electrons. The van der Waals surface area contributed by atoms with Gasteiger partial charge in [-0.15, -0.1) is 0 Å². The average molecular weight is 506 g/mol. The van der Waals surface area contributed by atoms with E-state index >= 15 is 0 Å². The van der Waals surface area contributed by atoms with Gasteiger partial charge in [-0.3, -0.25) is 4.79 Å². The Kier molecular flexibility index (Phi) is 7.11. The standard InChI is InChI=1S/C26H31N7O4/c34-18-8-9-19(21(35)16-18)23(37)28-20-10-7-17(15-22(20)36)27-24-29-25(32-11-3-1-4-12-32)31-26(30-24)33-13-5-2-6-14-33/h7-10,15-16,34-36H,1-6,11-14H2,(H,28,37)(H,27,29,30,31). The number of hydrogen-bond donors (Lipinski definition) is 5. The first-order chi connectivity index (χ1) is 18.0. The molecule has 0 spiro atoms. The van der Waals surface area contributed by atoms with Gasteiger partial charge in [0.05, 0.1) is 11.3 Å². The quantitative estimate of drug-likeness (QED) is 0.312. The van der Waals surface area contributed by atoms with E-state index in [-0.39, 0.29) is 28.5 Å². The van der Waals surface area contributed by atoms with Crippen molar-refractivity contribution in [2.45, 2.75) is 38.5 Å². The molecule has 5 rings (SSSR count). The fraction of sp³-hybridized carbons (Fsp3) is 0.385. The van der Waals surface area contributed by atoms with Crippen LogP contribution in [-0.4, -0.2) is 62.4 Å². The zero-order valence-corrected chi connectivity index (χ0v) is 20.5. The van der Waals surface area contributed by atoms with E-state index in [1.165, 1.54) is 31.0 Å². The molecule has 3 heterocycles. The molecule has 2 aliphatic rings. The van der Waals surface area contributed by atoms with E-state index in [4.69, 9.17) is 4.98 Å². The number of carbonyl (C=O) groups is 1. The highest BCUT2D eigenvalue weighted by atomic mass is 16.3. The van der Waals surface area contributed by atoms with Crippen LogP contribution < -0.4 is 20.4 Å². The number of nitrogens with zero attached hydrogens (tertiary/aromatic N) is 5. The molecule has 11 heteroatoms. The third kappa shape index (κ3) is 5.76. The molecule has 0 aliphatic carbocycles. The average Bonchev–Trinajstić information content (AvgIpc) is 2.91. The number of aromatic nitrogens is 3. The van der Waals surface area contributed by atoms with Crippen LogP contribution in [0, 0.1) is 0 Å². The predicted octanol–water partition coefficient (Wildman–Crippen LogP) is 3.96. The van der Waals surface area contributed by atoms with Gasteiger partial charge in [0.2, 0.25) is 17.8 Å². The fourth-order valence-corrected chi connectivity index (χ4v) is 4.63. The number of phenolic OH excluding ortho intramolecular Hbond substituents is 3. The first-order valence-electron chi connectivity index (χ1n) is 12.7. The lowest BCUT2D eigenvalue weighted by atomic mass is 10.1. The van der Waals surface area contributed by atoms with Gasteiger partial charge in [0.1, 0.15) is 17.2 Å². The second-order valence-electron chi connectivity index (χ2n) is 9.37. The highest BCUT2D eigenvalue weighted by Crippen LogP contribution is 2.31. The molecule has 0 bridgehead atoms. The third-order valence-corrected chi connectivity index (χ3v) is 6.62. The van der Waals surface area contributed by atoms with Crippen LogP contribution in [0.5, 0.6) is 17.2 Å². The smallest absolute Gasteiger partial charge is 0.259 e. The summed E-state index contributed by atoms with van der Waals surface area (Å²) in [5.74, 6) is 0.388. The SMILES string of the molecule is O=C(Nc1ccc(Nc2nc(N3CCCCC3)nc(N3CCCCC3)n2)cc1O)c1ccc(O)cc1O. The Morgan fingerprint density at radius 1 is 0.730 bits per heavy atom. The lowest BCUT2D eigenvalue weighted by Gasteiger charge is -2.30. The zero-order chi connectivity index (χ0) is 25.8. The molecule has 2 aliphatic heterocycles.